The fourth-order valence-electron chi connectivity index (χ4n) is 1.07. The van der Waals surface area contributed by atoms with E-state index in [1.807, 2.05) is 19.0 Å². The molecule has 6 nitrogen and oxygen atoms in total. The Labute approximate surface area is 96.7 Å². The molecule has 96 valence electrons. The smallest absolute Gasteiger partial charge is 0.304 e. The van der Waals surface area contributed by atoms with Crippen LogP contribution >= 0.6 is 0 Å². The van der Waals surface area contributed by atoms with Crippen molar-refractivity contribution in [2.24, 2.45) is 0 Å². The van der Waals surface area contributed by atoms with E-state index in [0.29, 0.717) is 6.54 Å². The quantitative estimate of drug-likeness (QED) is 0.551. The van der Waals surface area contributed by atoms with Gasteiger partial charge in [-0.3, -0.25) is 4.79 Å². The minimum absolute atomic E-state index is 0.351. The normalized spacial score (nSPS) is 11.9. The van der Waals surface area contributed by atoms with E-state index < -0.39 is 16.0 Å². The average molecular weight is 252 g/mol. The van der Waals surface area contributed by atoms with Gasteiger partial charge in [-0.15, -0.1) is 0 Å². The van der Waals surface area contributed by atoms with Crippen LogP contribution in [0.5, 0.6) is 0 Å². The number of nitrogens with zero attached hydrogens (tertiary/aromatic N) is 1. The van der Waals surface area contributed by atoms with Gasteiger partial charge in [0.15, 0.2) is 0 Å². The first-order chi connectivity index (χ1) is 7.33. The molecule has 0 aliphatic carbocycles. The summed E-state index contributed by atoms with van der Waals surface area (Å²) in [6.45, 7) is 1.28. The zero-order valence-corrected chi connectivity index (χ0v) is 10.6. The molecule has 0 saturated carbocycles. The topological polar surface area (TPSA) is 86.7 Å². The Morgan fingerprint density at radius 1 is 1.31 bits per heavy atom. The van der Waals surface area contributed by atoms with Crippen molar-refractivity contribution in [2.75, 3.05) is 32.9 Å². The number of carboxylic acid groups (broad SMARTS) is 1. The number of sulfonamides is 1. The Kier molecular flexibility index (Phi) is 7.27. The predicted octanol–water partition coefficient (Wildman–Crippen LogP) is -0.278. The van der Waals surface area contributed by atoms with Crippen molar-refractivity contribution in [2.45, 2.75) is 19.3 Å². The molecule has 0 aliphatic rings. The zero-order valence-electron chi connectivity index (χ0n) is 9.77. The number of hydrogen-bond donors (Lipinski definition) is 2. The fraction of sp³-hybridized carbons (Fsp3) is 0.889. The summed E-state index contributed by atoms with van der Waals surface area (Å²) >= 11 is 0. The number of unbranched alkanes of at least 4 members (excludes halogenated alkanes) is 1. The third-order valence-electron chi connectivity index (χ3n) is 1.94. The van der Waals surface area contributed by atoms with E-state index in [2.05, 4.69) is 4.72 Å². The van der Waals surface area contributed by atoms with Crippen molar-refractivity contribution in [3.63, 3.8) is 0 Å². The molecule has 0 aromatic rings. The summed E-state index contributed by atoms with van der Waals surface area (Å²) < 4.78 is 24.9. The van der Waals surface area contributed by atoms with Gasteiger partial charge in [0.1, 0.15) is 0 Å². The molecule has 0 aliphatic heterocycles. The number of aliphatic carboxylic acids is 1. The third-order valence-corrected chi connectivity index (χ3v) is 3.32. The van der Waals surface area contributed by atoms with Crippen LogP contribution in [0.4, 0.5) is 0 Å². The molecule has 0 heterocycles. The molecule has 0 unspecified atom stereocenters. The molecule has 0 spiro atoms. The standard InChI is InChI=1S/C9H20N2O4S/c1-11(2)7-4-3-6-10-16(14,15)8-5-9(12)13/h10H,3-8H2,1-2H3,(H,12,13). The molecule has 0 fully saturated rings. The van der Waals surface area contributed by atoms with Crippen LogP contribution in [0.15, 0.2) is 0 Å². The molecule has 0 amide bonds. The van der Waals surface area contributed by atoms with Crippen molar-refractivity contribution < 1.29 is 18.3 Å². The van der Waals surface area contributed by atoms with Gasteiger partial charge in [0.05, 0.1) is 12.2 Å². The summed E-state index contributed by atoms with van der Waals surface area (Å²) in [6, 6.07) is 0. The summed E-state index contributed by atoms with van der Waals surface area (Å²) in [4.78, 5) is 12.2. The summed E-state index contributed by atoms with van der Waals surface area (Å²) in [5.74, 6) is -1.45. The SMILES string of the molecule is CN(C)CCCCNS(=O)(=O)CCC(=O)O. The van der Waals surface area contributed by atoms with E-state index in [-0.39, 0.29) is 12.2 Å². The molecule has 0 radical (unpaired) electrons. The number of carboxylic acids is 1. The lowest BCUT2D eigenvalue weighted by Crippen LogP contribution is -2.28. The molecule has 0 aromatic heterocycles. The predicted molar refractivity (Wildman–Crippen MR) is 61.8 cm³/mol. The van der Waals surface area contributed by atoms with Crippen LogP contribution in [0.3, 0.4) is 0 Å². The van der Waals surface area contributed by atoms with Crippen LogP contribution in [0.2, 0.25) is 0 Å². The first kappa shape index (κ1) is 15.3. The van der Waals surface area contributed by atoms with Gasteiger partial charge < -0.3 is 10.0 Å². The van der Waals surface area contributed by atoms with Crippen molar-refractivity contribution in [1.82, 2.24) is 9.62 Å². The zero-order chi connectivity index (χ0) is 12.6. The highest BCUT2D eigenvalue weighted by molar-refractivity contribution is 7.89. The first-order valence-corrected chi connectivity index (χ1v) is 6.82. The summed E-state index contributed by atoms with van der Waals surface area (Å²) in [7, 11) is 0.489. The maximum atomic E-state index is 11.2. The van der Waals surface area contributed by atoms with E-state index in [0.717, 1.165) is 19.4 Å². The number of carbonyl (C=O) groups is 1. The van der Waals surface area contributed by atoms with Crippen LogP contribution in [0.25, 0.3) is 0 Å². The van der Waals surface area contributed by atoms with Crippen molar-refractivity contribution in [3.8, 4) is 0 Å². The van der Waals surface area contributed by atoms with Gasteiger partial charge in [0, 0.05) is 6.54 Å². The molecular formula is C9H20N2O4S. The highest BCUT2D eigenvalue weighted by Gasteiger charge is 2.11. The lowest BCUT2D eigenvalue weighted by atomic mass is 10.3. The van der Waals surface area contributed by atoms with Gasteiger partial charge in [-0.25, -0.2) is 13.1 Å². The van der Waals surface area contributed by atoms with Gasteiger partial charge in [0.25, 0.3) is 0 Å². The maximum absolute atomic E-state index is 11.2. The lowest BCUT2D eigenvalue weighted by Gasteiger charge is -2.09. The average Bonchev–Trinajstić information content (AvgIpc) is 2.14. The molecule has 16 heavy (non-hydrogen) atoms. The number of rotatable bonds is 9. The van der Waals surface area contributed by atoms with Crippen molar-refractivity contribution in [3.05, 3.63) is 0 Å². The Bertz CT molecular complexity index is 301. The van der Waals surface area contributed by atoms with Gasteiger partial charge >= 0.3 is 5.97 Å². The first-order valence-electron chi connectivity index (χ1n) is 5.17. The van der Waals surface area contributed by atoms with Crippen LogP contribution < -0.4 is 4.72 Å². The van der Waals surface area contributed by atoms with Crippen molar-refractivity contribution in [1.29, 1.82) is 0 Å². The number of hydrogen-bond acceptors (Lipinski definition) is 4. The van der Waals surface area contributed by atoms with Gasteiger partial charge in [-0.1, -0.05) is 0 Å². The van der Waals surface area contributed by atoms with Gasteiger partial charge in [0.2, 0.25) is 10.0 Å². The Hall–Kier alpha value is -0.660. The highest BCUT2D eigenvalue weighted by atomic mass is 32.2. The van der Waals surface area contributed by atoms with Crippen molar-refractivity contribution >= 4 is 16.0 Å². The largest absolute Gasteiger partial charge is 0.481 e. The minimum atomic E-state index is -3.42. The van der Waals surface area contributed by atoms with E-state index in [4.69, 9.17) is 5.11 Å². The van der Waals surface area contributed by atoms with E-state index in [9.17, 15) is 13.2 Å². The molecule has 0 bridgehead atoms. The van der Waals surface area contributed by atoms with E-state index in [1.54, 1.807) is 0 Å². The summed E-state index contributed by atoms with van der Waals surface area (Å²) in [5.41, 5.74) is 0. The van der Waals surface area contributed by atoms with E-state index in [1.165, 1.54) is 0 Å². The fourth-order valence-corrected chi connectivity index (χ4v) is 2.12. The molecule has 0 rings (SSSR count). The molecule has 7 heteroatoms. The summed E-state index contributed by atoms with van der Waals surface area (Å²) in [5, 5.41) is 8.35. The van der Waals surface area contributed by atoms with Crippen LogP contribution in [-0.2, 0) is 14.8 Å². The Morgan fingerprint density at radius 2 is 1.94 bits per heavy atom. The molecule has 2 N–H and O–H groups in total. The minimum Gasteiger partial charge on any atom is -0.481 e. The second kappa shape index (κ2) is 7.59. The lowest BCUT2D eigenvalue weighted by molar-refractivity contribution is -0.136. The van der Waals surface area contributed by atoms with Crippen LogP contribution in [0, 0.1) is 0 Å². The maximum Gasteiger partial charge on any atom is 0.304 e. The second-order valence-corrected chi connectivity index (χ2v) is 5.79. The van der Waals surface area contributed by atoms with Crippen LogP contribution in [-0.4, -0.2) is 57.3 Å². The molecule has 0 atom stereocenters. The second-order valence-electron chi connectivity index (χ2n) is 3.87. The number of nitrogens with one attached hydrogen (secondary N) is 1. The van der Waals surface area contributed by atoms with Gasteiger partial charge in [-0.05, 0) is 33.5 Å². The highest BCUT2D eigenvalue weighted by Crippen LogP contribution is 1.93. The van der Waals surface area contributed by atoms with Gasteiger partial charge in [-0.2, -0.15) is 0 Å². The molecular weight excluding hydrogens is 232 g/mol. The van der Waals surface area contributed by atoms with E-state index >= 15 is 0 Å². The monoisotopic (exact) mass is 252 g/mol. The van der Waals surface area contributed by atoms with Crippen LogP contribution in [0.1, 0.15) is 19.3 Å². The Balaban J connectivity index is 3.62. The summed E-state index contributed by atoms with van der Waals surface area (Å²) in [6.07, 6.45) is 1.31. The molecule has 0 saturated heterocycles. The Morgan fingerprint density at radius 3 is 2.44 bits per heavy atom. The molecule has 0 aromatic carbocycles. The third kappa shape index (κ3) is 9.88.